The van der Waals surface area contributed by atoms with E-state index in [1.54, 1.807) is 6.07 Å². The molecule has 1 atom stereocenters. The van der Waals surface area contributed by atoms with Crippen LogP contribution in [-0.4, -0.2) is 21.6 Å². The van der Waals surface area contributed by atoms with Gasteiger partial charge in [-0.1, -0.05) is 6.92 Å². The number of aromatic nitrogens is 2. The first-order valence-electron chi connectivity index (χ1n) is 5.59. The molecule has 98 valence electrons. The maximum atomic E-state index is 13.6. The van der Waals surface area contributed by atoms with Crippen molar-refractivity contribution in [3.05, 3.63) is 27.2 Å². The molecule has 1 N–H and O–H groups in total. The number of nitrogens with one attached hydrogen (secondary N) is 1. The summed E-state index contributed by atoms with van der Waals surface area (Å²) in [5.41, 5.74) is 1.69. The predicted octanol–water partition coefficient (Wildman–Crippen LogP) is 4.60. The van der Waals surface area contributed by atoms with Gasteiger partial charge in [0.15, 0.2) is 4.77 Å². The maximum Gasteiger partial charge on any atom is 0.178 e. The number of rotatable bonds is 4. The Kier molecular flexibility index (Phi) is 4.50. The summed E-state index contributed by atoms with van der Waals surface area (Å²) in [6.45, 7) is 2.98. The molecule has 0 bridgehead atoms. The van der Waals surface area contributed by atoms with Crippen LogP contribution in [0.1, 0.15) is 6.92 Å². The van der Waals surface area contributed by atoms with E-state index in [1.807, 2.05) is 16.3 Å². The van der Waals surface area contributed by atoms with Crippen molar-refractivity contribution in [2.45, 2.75) is 13.5 Å². The SMILES string of the molecule is CSCC(C)Cn1c(=S)[nH]c2cc(Br)c(F)cc21. The number of H-pyrrole nitrogens is 1. The average Bonchev–Trinajstić information content (AvgIpc) is 2.57. The fraction of sp³-hybridized carbons (Fsp3) is 0.417. The van der Waals surface area contributed by atoms with E-state index < -0.39 is 0 Å². The lowest BCUT2D eigenvalue weighted by atomic mass is 10.2. The van der Waals surface area contributed by atoms with Crippen LogP contribution in [0.5, 0.6) is 0 Å². The lowest BCUT2D eigenvalue weighted by Crippen LogP contribution is -2.09. The first kappa shape index (κ1) is 14.1. The minimum Gasteiger partial charge on any atom is -0.331 e. The normalized spacial score (nSPS) is 13.1. The highest BCUT2D eigenvalue weighted by Crippen LogP contribution is 2.24. The van der Waals surface area contributed by atoms with Gasteiger partial charge in [0.2, 0.25) is 0 Å². The molecule has 0 aliphatic rings. The monoisotopic (exact) mass is 348 g/mol. The molecule has 2 nitrogen and oxygen atoms in total. The lowest BCUT2D eigenvalue weighted by Gasteiger charge is -2.11. The van der Waals surface area contributed by atoms with Crippen LogP contribution in [0.2, 0.25) is 0 Å². The number of fused-ring (bicyclic) bond motifs is 1. The second kappa shape index (κ2) is 5.75. The van der Waals surface area contributed by atoms with Gasteiger partial charge in [0, 0.05) is 12.6 Å². The van der Waals surface area contributed by atoms with Crippen molar-refractivity contribution in [1.29, 1.82) is 0 Å². The first-order chi connectivity index (χ1) is 8.52. The van der Waals surface area contributed by atoms with Gasteiger partial charge in [0.1, 0.15) is 5.82 Å². The fourth-order valence-electron chi connectivity index (χ4n) is 1.98. The third kappa shape index (κ3) is 2.81. The summed E-state index contributed by atoms with van der Waals surface area (Å²) in [6.07, 6.45) is 2.09. The molecule has 0 amide bonds. The number of aromatic amines is 1. The van der Waals surface area contributed by atoms with Crippen LogP contribution < -0.4 is 0 Å². The highest BCUT2D eigenvalue weighted by atomic mass is 79.9. The third-order valence-electron chi connectivity index (χ3n) is 2.76. The van der Waals surface area contributed by atoms with Gasteiger partial charge in [-0.05, 0) is 52.1 Å². The predicted molar refractivity (Wildman–Crippen MR) is 82.3 cm³/mol. The second-order valence-corrected chi connectivity index (χ2v) is 6.54. The molecule has 2 aromatic rings. The lowest BCUT2D eigenvalue weighted by molar-refractivity contribution is 0.535. The summed E-state index contributed by atoms with van der Waals surface area (Å²) in [5.74, 6) is 1.30. The number of imidazole rings is 1. The number of halogens is 2. The van der Waals surface area contributed by atoms with E-state index >= 15 is 0 Å². The van der Waals surface area contributed by atoms with Gasteiger partial charge in [-0.25, -0.2) is 4.39 Å². The quantitative estimate of drug-likeness (QED) is 0.815. The molecule has 0 aliphatic carbocycles. The van der Waals surface area contributed by atoms with Crippen molar-refractivity contribution in [1.82, 2.24) is 9.55 Å². The molecule has 0 saturated heterocycles. The summed E-state index contributed by atoms with van der Waals surface area (Å²) in [4.78, 5) is 3.12. The van der Waals surface area contributed by atoms with E-state index in [1.165, 1.54) is 6.07 Å². The molecule has 0 radical (unpaired) electrons. The largest absolute Gasteiger partial charge is 0.331 e. The number of hydrogen-bond acceptors (Lipinski definition) is 2. The number of thioether (sulfide) groups is 1. The third-order valence-corrected chi connectivity index (χ3v) is 4.59. The minimum atomic E-state index is -0.261. The summed E-state index contributed by atoms with van der Waals surface area (Å²) in [7, 11) is 0. The maximum absolute atomic E-state index is 13.6. The smallest absolute Gasteiger partial charge is 0.178 e. The van der Waals surface area contributed by atoms with Gasteiger partial charge in [0.25, 0.3) is 0 Å². The van der Waals surface area contributed by atoms with E-state index in [0.29, 0.717) is 15.2 Å². The van der Waals surface area contributed by atoms with Crippen LogP contribution in [-0.2, 0) is 6.54 Å². The van der Waals surface area contributed by atoms with Crippen molar-refractivity contribution in [2.24, 2.45) is 5.92 Å². The van der Waals surface area contributed by atoms with Gasteiger partial charge < -0.3 is 9.55 Å². The fourth-order valence-corrected chi connectivity index (χ4v) is 3.28. The van der Waals surface area contributed by atoms with Crippen molar-refractivity contribution in [3.8, 4) is 0 Å². The van der Waals surface area contributed by atoms with Crippen LogP contribution in [0.25, 0.3) is 11.0 Å². The molecule has 0 saturated carbocycles. The van der Waals surface area contributed by atoms with Crippen molar-refractivity contribution >= 4 is 50.9 Å². The zero-order chi connectivity index (χ0) is 13.3. The zero-order valence-electron chi connectivity index (χ0n) is 10.2. The molecule has 0 aliphatic heterocycles. The molecule has 1 aromatic heterocycles. The van der Waals surface area contributed by atoms with Crippen molar-refractivity contribution < 1.29 is 4.39 Å². The number of hydrogen-bond donors (Lipinski definition) is 1. The Morgan fingerprint density at radius 2 is 2.28 bits per heavy atom. The Morgan fingerprint density at radius 3 is 2.94 bits per heavy atom. The average molecular weight is 349 g/mol. The van der Waals surface area contributed by atoms with Crippen LogP contribution in [0.3, 0.4) is 0 Å². The molecular formula is C12H14BrFN2S2. The number of nitrogens with zero attached hydrogens (tertiary/aromatic N) is 1. The van der Waals surface area contributed by atoms with E-state index in [9.17, 15) is 4.39 Å². The molecule has 1 unspecified atom stereocenters. The summed E-state index contributed by atoms with van der Waals surface area (Å²) in [6, 6.07) is 3.26. The molecule has 18 heavy (non-hydrogen) atoms. The van der Waals surface area contributed by atoms with Gasteiger partial charge >= 0.3 is 0 Å². The minimum absolute atomic E-state index is 0.261. The van der Waals surface area contributed by atoms with Crippen LogP contribution in [0, 0.1) is 16.5 Å². The highest BCUT2D eigenvalue weighted by Gasteiger charge is 2.11. The molecule has 0 spiro atoms. The second-order valence-electron chi connectivity index (χ2n) is 4.38. The molecule has 0 fully saturated rings. The number of benzene rings is 1. The Hall–Kier alpha value is -0.330. The summed E-state index contributed by atoms with van der Waals surface area (Å²) in [5, 5.41) is 0. The highest BCUT2D eigenvalue weighted by molar-refractivity contribution is 9.10. The van der Waals surface area contributed by atoms with Crippen LogP contribution in [0.4, 0.5) is 4.39 Å². The van der Waals surface area contributed by atoms with Crippen LogP contribution in [0.15, 0.2) is 16.6 Å². The summed E-state index contributed by atoms with van der Waals surface area (Å²) < 4.78 is 16.7. The molecular weight excluding hydrogens is 335 g/mol. The molecule has 1 aromatic carbocycles. The van der Waals surface area contributed by atoms with Gasteiger partial charge in [-0.15, -0.1) is 0 Å². The Morgan fingerprint density at radius 1 is 1.56 bits per heavy atom. The van der Waals surface area contributed by atoms with Gasteiger partial charge in [-0.3, -0.25) is 0 Å². The van der Waals surface area contributed by atoms with E-state index in [2.05, 4.69) is 34.1 Å². The molecule has 2 rings (SSSR count). The standard InChI is InChI=1S/C12H14BrFN2S2/c1-7(6-18-2)5-16-11-4-9(14)8(13)3-10(11)15-12(16)17/h3-4,7H,5-6H2,1-2H3,(H,15,17). The zero-order valence-corrected chi connectivity index (χ0v) is 13.4. The molecule has 6 heteroatoms. The van der Waals surface area contributed by atoms with Gasteiger partial charge in [0.05, 0.1) is 15.5 Å². The van der Waals surface area contributed by atoms with E-state index in [0.717, 1.165) is 23.3 Å². The Labute approximate surface area is 123 Å². The van der Waals surface area contributed by atoms with Gasteiger partial charge in [-0.2, -0.15) is 11.8 Å². The van der Waals surface area contributed by atoms with Crippen LogP contribution >= 0.6 is 39.9 Å². The van der Waals surface area contributed by atoms with E-state index in [4.69, 9.17) is 12.2 Å². The molecule has 1 heterocycles. The topological polar surface area (TPSA) is 20.7 Å². The Balaban J connectivity index is 2.47. The Bertz CT molecular complexity index is 620. The van der Waals surface area contributed by atoms with E-state index in [-0.39, 0.29) is 5.82 Å². The van der Waals surface area contributed by atoms with Crippen molar-refractivity contribution in [3.63, 3.8) is 0 Å². The summed E-state index contributed by atoms with van der Waals surface area (Å²) >= 11 is 10.3. The first-order valence-corrected chi connectivity index (χ1v) is 8.19. The van der Waals surface area contributed by atoms with Crippen molar-refractivity contribution in [2.75, 3.05) is 12.0 Å².